The van der Waals surface area contributed by atoms with Gasteiger partial charge in [-0.3, -0.25) is 0 Å². The van der Waals surface area contributed by atoms with Gasteiger partial charge in [0.2, 0.25) is 10.0 Å². The van der Waals surface area contributed by atoms with Crippen LogP contribution in [0.4, 0.5) is 0 Å². The van der Waals surface area contributed by atoms with Gasteiger partial charge in [0.05, 0.1) is 4.90 Å². The van der Waals surface area contributed by atoms with E-state index < -0.39 is 10.0 Å². The lowest BCUT2D eigenvalue weighted by Crippen LogP contribution is -2.43. The molecule has 0 aromatic heterocycles. The van der Waals surface area contributed by atoms with E-state index in [0.717, 1.165) is 36.0 Å². The number of aryl methyl sites for hydroxylation is 1. The number of likely N-dealkylation sites (tertiary alicyclic amines) is 1. The van der Waals surface area contributed by atoms with Crippen molar-refractivity contribution in [3.8, 4) is 0 Å². The first kappa shape index (κ1) is 15.0. The minimum absolute atomic E-state index is 0.0456. The predicted octanol–water partition coefficient (Wildman–Crippen LogP) is 2.13. The third kappa shape index (κ3) is 3.78. The Morgan fingerprint density at radius 3 is 2.53 bits per heavy atom. The number of hydrogen-bond donors (Lipinski definition) is 1. The highest BCUT2D eigenvalue weighted by atomic mass is 79.9. The molecule has 0 atom stereocenters. The Balaban J connectivity index is 2.14. The number of hydrogen-bond acceptors (Lipinski definition) is 3. The maximum Gasteiger partial charge on any atom is 0.241 e. The minimum atomic E-state index is -3.41. The van der Waals surface area contributed by atoms with E-state index in [4.69, 9.17) is 0 Å². The highest BCUT2D eigenvalue weighted by molar-refractivity contribution is 9.10. The van der Waals surface area contributed by atoms with E-state index in [9.17, 15) is 8.42 Å². The molecule has 0 bridgehead atoms. The van der Waals surface area contributed by atoms with E-state index >= 15 is 0 Å². The summed E-state index contributed by atoms with van der Waals surface area (Å²) in [5.74, 6) is 0. The summed E-state index contributed by atoms with van der Waals surface area (Å²) >= 11 is 3.35. The molecule has 1 N–H and O–H groups in total. The van der Waals surface area contributed by atoms with Crippen LogP contribution < -0.4 is 4.72 Å². The number of halogens is 1. The van der Waals surface area contributed by atoms with Gasteiger partial charge in [0.25, 0.3) is 0 Å². The fourth-order valence-corrected chi connectivity index (χ4v) is 4.33. The van der Waals surface area contributed by atoms with Crippen LogP contribution in [0.5, 0.6) is 0 Å². The first-order chi connectivity index (χ1) is 8.88. The largest absolute Gasteiger partial charge is 0.306 e. The average Bonchev–Trinajstić information content (AvgIpc) is 2.31. The lowest BCUT2D eigenvalue weighted by atomic mass is 10.1. The van der Waals surface area contributed by atoms with Crippen LogP contribution >= 0.6 is 15.9 Å². The van der Waals surface area contributed by atoms with Crippen molar-refractivity contribution in [2.24, 2.45) is 0 Å². The molecule has 6 heteroatoms. The summed E-state index contributed by atoms with van der Waals surface area (Å²) < 4.78 is 28.5. The quantitative estimate of drug-likeness (QED) is 0.911. The van der Waals surface area contributed by atoms with E-state index in [1.54, 1.807) is 12.1 Å². The van der Waals surface area contributed by atoms with E-state index in [2.05, 4.69) is 32.6 Å². The van der Waals surface area contributed by atoms with Crippen LogP contribution in [0.1, 0.15) is 18.4 Å². The van der Waals surface area contributed by atoms with Crippen LogP contribution in [0.25, 0.3) is 0 Å². The van der Waals surface area contributed by atoms with Gasteiger partial charge in [-0.1, -0.05) is 15.9 Å². The Hall–Kier alpha value is -0.430. The molecule has 1 aliphatic heterocycles. The fraction of sp³-hybridized carbons (Fsp3) is 0.538. The Morgan fingerprint density at radius 2 is 1.95 bits per heavy atom. The number of benzene rings is 1. The summed E-state index contributed by atoms with van der Waals surface area (Å²) in [6.45, 7) is 3.69. The molecule has 0 amide bonds. The van der Waals surface area contributed by atoms with Crippen LogP contribution in [0.3, 0.4) is 0 Å². The summed E-state index contributed by atoms with van der Waals surface area (Å²) in [4.78, 5) is 2.59. The Morgan fingerprint density at radius 1 is 1.32 bits per heavy atom. The zero-order valence-corrected chi connectivity index (χ0v) is 13.6. The molecule has 0 radical (unpaired) electrons. The highest BCUT2D eigenvalue weighted by Gasteiger charge is 2.24. The predicted molar refractivity (Wildman–Crippen MR) is 79.7 cm³/mol. The second kappa shape index (κ2) is 5.91. The highest BCUT2D eigenvalue weighted by Crippen LogP contribution is 2.21. The van der Waals surface area contributed by atoms with Gasteiger partial charge in [0.1, 0.15) is 0 Å². The van der Waals surface area contributed by atoms with Gasteiger partial charge in [0.15, 0.2) is 0 Å². The lowest BCUT2D eigenvalue weighted by molar-refractivity contribution is 0.248. The van der Waals surface area contributed by atoms with Crippen LogP contribution in [0.2, 0.25) is 0 Å². The standard InChI is InChI=1S/C13H19BrN2O2S/c1-10-9-11(14)3-4-13(10)19(17,18)15-12-5-7-16(2)8-6-12/h3-4,9,12,15H,5-8H2,1-2H3. The molecule has 2 rings (SSSR count). The van der Waals surface area contributed by atoms with Gasteiger partial charge in [-0.25, -0.2) is 13.1 Å². The minimum Gasteiger partial charge on any atom is -0.306 e. The lowest BCUT2D eigenvalue weighted by Gasteiger charge is -2.29. The summed E-state index contributed by atoms with van der Waals surface area (Å²) in [5.41, 5.74) is 0.759. The van der Waals surface area contributed by atoms with Crippen LogP contribution in [0.15, 0.2) is 27.6 Å². The molecule has 4 nitrogen and oxygen atoms in total. The second-order valence-electron chi connectivity index (χ2n) is 5.11. The second-order valence-corrected chi connectivity index (χ2v) is 7.71. The molecule has 1 fully saturated rings. The Labute approximate surface area is 123 Å². The van der Waals surface area contributed by atoms with Gasteiger partial charge in [-0.05, 0) is 63.7 Å². The molecular weight excluding hydrogens is 328 g/mol. The number of rotatable bonds is 3. The SMILES string of the molecule is Cc1cc(Br)ccc1S(=O)(=O)NC1CCN(C)CC1. The third-order valence-corrected chi connectivity index (χ3v) is 5.64. The van der Waals surface area contributed by atoms with Crippen molar-refractivity contribution in [3.05, 3.63) is 28.2 Å². The Bertz CT molecular complexity index is 552. The first-order valence-electron chi connectivity index (χ1n) is 6.35. The van der Waals surface area contributed by atoms with E-state index in [1.165, 1.54) is 0 Å². The summed E-state index contributed by atoms with van der Waals surface area (Å²) in [7, 11) is -1.36. The van der Waals surface area contributed by atoms with Crippen molar-refractivity contribution < 1.29 is 8.42 Å². The maximum absolute atomic E-state index is 12.4. The van der Waals surface area contributed by atoms with Crippen LogP contribution in [-0.4, -0.2) is 39.5 Å². The van der Waals surface area contributed by atoms with Crippen molar-refractivity contribution in [1.29, 1.82) is 0 Å². The normalized spacial score (nSPS) is 18.7. The van der Waals surface area contributed by atoms with Gasteiger partial charge < -0.3 is 4.90 Å². The zero-order chi connectivity index (χ0) is 14.0. The third-order valence-electron chi connectivity index (χ3n) is 3.47. The van der Waals surface area contributed by atoms with Gasteiger partial charge >= 0.3 is 0 Å². The van der Waals surface area contributed by atoms with Gasteiger partial charge in [0, 0.05) is 10.5 Å². The van der Waals surface area contributed by atoms with Crippen molar-refractivity contribution in [1.82, 2.24) is 9.62 Å². The van der Waals surface area contributed by atoms with Gasteiger partial charge in [-0.2, -0.15) is 0 Å². The first-order valence-corrected chi connectivity index (χ1v) is 8.63. The molecule has 1 saturated heterocycles. The number of piperidine rings is 1. The van der Waals surface area contributed by atoms with E-state index in [-0.39, 0.29) is 6.04 Å². The number of nitrogens with zero attached hydrogens (tertiary/aromatic N) is 1. The smallest absolute Gasteiger partial charge is 0.241 e. The van der Waals surface area contributed by atoms with Crippen molar-refractivity contribution in [2.75, 3.05) is 20.1 Å². The van der Waals surface area contributed by atoms with Crippen LogP contribution in [0, 0.1) is 6.92 Å². The molecule has 19 heavy (non-hydrogen) atoms. The van der Waals surface area contributed by atoms with Gasteiger partial charge in [-0.15, -0.1) is 0 Å². The fourth-order valence-electron chi connectivity index (χ4n) is 2.32. The summed E-state index contributed by atoms with van der Waals surface area (Å²) in [6.07, 6.45) is 1.73. The maximum atomic E-state index is 12.4. The van der Waals surface area contributed by atoms with Crippen LogP contribution in [-0.2, 0) is 10.0 Å². The summed E-state index contributed by atoms with van der Waals surface area (Å²) in [5, 5.41) is 0. The number of sulfonamides is 1. The topological polar surface area (TPSA) is 49.4 Å². The van der Waals surface area contributed by atoms with Crippen molar-refractivity contribution >= 4 is 26.0 Å². The van der Waals surface area contributed by atoms with Crippen molar-refractivity contribution in [3.63, 3.8) is 0 Å². The molecule has 0 aliphatic carbocycles. The van der Waals surface area contributed by atoms with E-state index in [0.29, 0.717) is 4.90 Å². The Kier molecular flexibility index (Phi) is 4.66. The molecule has 1 aromatic carbocycles. The summed E-state index contributed by atoms with van der Waals surface area (Å²) in [6, 6.07) is 5.28. The molecule has 1 heterocycles. The monoisotopic (exact) mass is 346 g/mol. The molecular formula is C13H19BrN2O2S. The zero-order valence-electron chi connectivity index (χ0n) is 11.2. The average molecular weight is 347 g/mol. The molecule has 0 unspecified atom stereocenters. The van der Waals surface area contributed by atoms with Crippen molar-refractivity contribution in [2.45, 2.75) is 30.7 Å². The molecule has 106 valence electrons. The number of nitrogens with one attached hydrogen (secondary N) is 1. The molecule has 1 aromatic rings. The molecule has 1 aliphatic rings. The van der Waals surface area contributed by atoms with E-state index in [1.807, 2.05) is 13.0 Å². The molecule has 0 spiro atoms. The molecule has 0 saturated carbocycles.